The quantitative estimate of drug-likeness (QED) is 0.0987. The van der Waals surface area contributed by atoms with Crippen LogP contribution < -0.4 is 11.1 Å². The molecule has 2 saturated heterocycles. The molecule has 4 aliphatic rings. The van der Waals surface area contributed by atoms with E-state index in [0.29, 0.717) is 17.6 Å². The molecular weight excluding hydrogens is 928 g/mol. The minimum absolute atomic E-state index is 0.175. The number of amides is 1. The summed E-state index contributed by atoms with van der Waals surface area (Å²) in [5.41, 5.74) is 14.1. The van der Waals surface area contributed by atoms with Crippen molar-refractivity contribution in [2.45, 2.75) is 99.9 Å². The van der Waals surface area contributed by atoms with Crippen molar-refractivity contribution in [3.05, 3.63) is 118 Å². The highest BCUT2D eigenvalue weighted by Crippen LogP contribution is 2.31. The molecule has 4 aromatic carbocycles. The lowest BCUT2D eigenvalue weighted by Crippen LogP contribution is -2.44. The van der Waals surface area contributed by atoms with Crippen LogP contribution in [0.5, 0.6) is 0 Å². The molecule has 2 aliphatic heterocycles. The van der Waals surface area contributed by atoms with Crippen LogP contribution in [0.4, 0.5) is 11.4 Å². The summed E-state index contributed by atoms with van der Waals surface area (Å²) in [7, 11) is -2.02. The number of likely N-dealkylation sites (N-methyl/N-ethyl adjacent to an activating group) is 2. The molecule has 2 fully saturated rings. The monoisotopic (exact) mass is 1000 g/mol. The molecule has 2 atom stereocenters. The number of carbonyl (C=O) groups is 2. The van der Waals surface area contributed by atoms with Gasteiger partial charge in [-0.2, -0.15) is 0 Å². The molecule has 376 valence electrons. The van der Waals surface area contributed by atoms with Crippen LogP contribution in [0.2, 0.25) is 0 Å². The molecule has 2 heterocycles. The number of hydrogen-bond acceptors (Lipinski definition) is 11. The number of benzene rings is 4. The lowest BCUT2D eigenvalue weighted by Gasteiger charge is -2.38. The van der Waals surface area contributed by atoms with Crippen molar-refractivity contribution in [2.75, 3.05) is 90.0 Å². The normalized spacial score (nSPS) is 19.4. The molecule has 1 amide bonds. The van der Waals surface area contributed by atoms with Crippen molar-refractivity contribution in [3.8, 4) is 0 Å². The number of nitrogens with one attached hydrogen (secondary N) is 1. The Labute approximate surface area is 417 Å². The van der Waals surface area contributed by atoms with Crippen molar-refractivity contribution in [1.29, 1.82) is 0 Å². The first-order chi connectivity index (χ1) is 32.8. The predicted octanol–water partition coefficient (Wildman–Crippen LogP) is 8.12. The van der Waals surface area contributed by atoms with Crippen LogP contribution in [0.3, 0.4) is 0 Å². The Bertz CT molecular complexity index is 2560. The van der Waals surface area contributed by atoms with Crippen LogP contribution in [0.15, 0.2) is 94.7 Å². The topological polar surface area (TPSA) is 153 Å². The van der Waals surface area contributed by atoms with Gasteiger partial charge in [-0.1, -0.05) is 26.0 Å². The van der Waals surface area contributed by atoms with Gasteiger partial charge in [0.25, 0.3) is 11.1 Å². The summed E-state index contributed by atoms with van der Waals surface area (Å²) in [5, 5.41) is 2.39. The summed E-state index contributed by atoms with van der Waals surface area (Å²) >= 11 is 5.18. The number of nitrogen functional groups attached to an aromatic ring is 1. The van der Waals surface area contributed by atoms with Crippen LogP contribution >= 0.6 is 11.6 Å². The standard InChI is InChI=1S/C27H37N3O3S.C19H31N3.C8H7ClO3S/c1-4-30(19-20-13-15-29(2)16-14-20)25-10-6-21-5-9-24(17-23(21)18-25)28-27(31)22-7-11-26(12-8-22)34(3,32)33;1-3-22(14-15-8-10-21(2)11-9-15)19-7-5-16-4-6-18(20)12-17(16)13-19;1-13(11,12)7-4-2-6(3-5-7)8(9)10/h5,7-9,11-12,17,20,25H,4,6,10,13-16,18-19H2,1-3H3,(H,28,31);4,6,12,15,19H,3,5,7-11,13-14,20H2,1-2H3;2-5H,1H3. The van der Waals surface area contributed by atoms with Crippen LogP contribution in [-0.2, 0) is 45.4 Å². The second kappa shape index (κ2) is 24.8. The highest BCUT2D eigenvalue weighted by atomic mass is 35.5. The van der Waals surface area contributed by atoms with E-state index in [1.165, 1.54) is 156 Å². The Morgan fingerprint density at radius 1 is 0.609 bits per heavy atom. The van der Waals surface area contributed by atoms with Gasteiger partial charge in [-0.05, 0) is 236 Å². The maximum atomic E-state index is 12.7. The Hall–Kier alpha value is -4.15. The highest BCUT2D eigenvalue weighted by molar-refractivity contribution is 7.91. The largest absolute Gasteiger partial charge is 0.399 e. The molecule has 2 unspecified atom stereocenters. The molecule has 12 nitrogen and oxygen atoms in total. The Kier molecular flexibility index (Phi) is 19.5. The number of nitrogens with two attached hydrogens (primary N) is 1. The van der Waals surface area contributed by atoms with Crippen LogP contribution in [0.25, 0.3) is 0 Å². The first-order valence-corrected chi connectivity index (χ1v) is 28.9. The second-order valence-electron chi connectivity index (χ2n) is 19.8. The van der Waals surface area contributed by atoms with E-state index in [-0.39, 0.29) is 21.3 Å². The van der Waals surface area contributed by atoms with Gasteiger partial charge in [0, 0.05) is 60.2 Å². The highest BCUT2D eigenvalue weighted by Gasteiger charge is 2.29. The van der Waals surface area contributed by atoms with E-state index >= 15 is 0 Å². The average molecular weight is 1000 g/mol. The summed E-state index contributed by atoms with van der Waals surface area (Å²) in [6.07, 6.45) is 14.5. The fourth-order valence-corrected chi connectivity index (χ4v) is 11.7. The van der Waals surface area contributed by atoms with Gasteiger partial charge in [0.1, 0.15) is 0 Å². The number of piperidine rings is 2. The Balaban J connectivity index is 0.000000190. The van der Waals surface area contributed by atoms with E-state index in [4.69, 9.17) is 17.3 Å². The Morgan fingerprint density at radius 2 is 1.03 bits per heavy atom. The zero-order valence-corrected chi connectivity index (χ0v) is 44.0. The van der Waals surface area contributed by atoms with Gasteiger partial charge in [0.05, 0.1) is 9.79 Å². The third-order valence-corrected chi connectivity index (χ3v) is 17.1. The lowest BCUT2D eigenvalue weighted by atomic mass is 9.86. The zero-order valence-electron chi connectivity index (χ0n) is 41.6. The molecule has 15 heteroatoms. The number of anilines is 2. The molecular formula is C54H75ClN6O6S2. The van der Waals surface area contributed by atoms with Crippen molar-refractivity contribution in [3.63, 3.8) is 0 Å². The minimum Gasteiger partial charge on any atom is -0.399 e. The number of likely N-dealkylation sites (tertiary alicyclic amines) is 2. The van der Waals surface area contributed by atoms with Gasteiger partial charge in [-0.25, -0.2) is 16.8 Å². The van der Waals surface area contributed by atoms with Gasteiger partial charge in [0.15, 0.2) is 19.7 Å². The van der Waals surface area contributed by atoms with E-state index in [1.54, 1.807) is 12.1 Å². The van der Waals surface area contributed by atoms with Crippen LogP contribution in [0.1, 0.15) is 95.3 Å². The molecule has 2 aliphatic carbocycles. The number of halogens is 1. The van der Waals surface area contributed by atoms with E-state index in [1.807, 2.05) is 6.07 Å². The fraction of sp³-hybridized carbons (Fsp3) is 0.519. The number of hydrogen-bond donors (Lipinski definition) is 2. The maximum absolute atomic E-state index is 12.7. The van der Waals surface area contributed by atoms with Gasteiger partial charge >= 0.3 is 0 Å². The summed E-state index contributed by atoms with van der Waals surface area (Å²) in [6, 6.07) is 25.5. The van der Waals surface area contributed by atoms with Gasteiger partial charge in [0.2, 0.25) is 0 Å². The lowest BCUT2D eigenvalue weighted by molar-refractivity contribution is 0.102. The number of aryl methyl sites for hydroxylation is 2. The molecule has 0 spiro atoms. The zero-order chi connectivity index (χ0) is 49.9. The number of carbonyl (C=O) groups excluding carboxylic acids is 2. The van der Waals surface area contributed by atoms with Crippen molar-refractivity contribution >= 4 is 53.8 Å². The maximum Gasteiger partial charge on any atom is 0.255 e. The van der Waals surface area contributed by atoms with E-state index in [0.717, 1.165) is 55.1 Å². The summed E-state index contributed by atoms with van der Waals surface area (Å²) in [6.45, 7) is 14.3. The number of fused-ring (bicyclic) bond motifs is 2. The number of nitrogens with zero attached hydrogens (tertiary/aromatic N) is 4. The first kappa shape index (κ1) is 54.2. The average Bonchev–Trinajstić information content (AvgIpc) is 3.33. The minimum atomic E-state index is -3.28. The number of sulfone groups is 2. The van der Waals surface area contributed by atoms with Crippen LogP contribution in [0, 0.1) is 11.8 Å². The van der Waals surface area contributed by atoms with E-state index in [2.05, 4.69) is 83.2 Å². The molecule has 8 rings (SSSR count). The summed E-state index contributed by atoms with van der Waals surface area (Å²) in [4.78, 5) is 34.1. The summed E-state index contributed by atoms with van der Waals surface area (Å²) < 4.78 is 45.3. The van der Waals surface area contributed by atoms with Crippen molar-refractivity contribution in [1.82, 2.24) is 19.6 Å². The molecule has 0 bridgehead atoms. The molecule has 69 heavy (non-hydrogen) atoms. The first-order valence-electron chi connectivity index (χ1n) is 24.7. The molecule has 0 saturated carbocycles. The smallest absolute Gasteiger partial charge is 0.255 e. The Morgan fingerprint density at radius 3 is 1.45 bits per heavy atom. The molecule has 4 aromatic rings. The predicted molar refractivity (Wildman–Crippen MR) is 281 cm³/mol. The fourth-order valence-electron chi connectivity index (χ4n) is 10.3. The van der Waals surface area contributed by atoms with Gasteiger partial charge in [-0.15, -0.1) is 0 Å². The van der Waals surface area contributed by atoms with Gasteiger partial charge in [-0.3, -0.25) is 9.59 Å². The van der Waals surface area contributed by atoms with Crippen molar-refractivity contribution < 1.29 is 26.4 Å². The third-order valence-electron chi connectivity index (χ3n) is 14.7. The second-order valence-corrected chi connectivity index (χ2v) is 24.2. The molecule has 3 N–H and O–H groups in total. The van der Waals surface area contributed by atoms with Crippen molar-refractivity contribution in [2.24, 2.45) is 11.8 Å². The summed E-state index contributed by atoms with van der Waals surface area (Å²) in [5.74, 6) is 1.44. The van der Waals surface area contributed by atoms with E-state index < -0.39 is 24.9 Å². The third kappa shape index (κ3) is 15.9. The molecule has 0 aromatic heterocycles. The molecule has 0 radical (unpaired) electrons. The van der Waals surface area contributed by atoms with E-state index in [9.17, 15) is 26.4 Å². The number of rotatable bonds is 13. The van der Waals surface area contributed by atoms with Gasteiger partial charge < -0.3 is 30.7 Å². The SMILES string of the molecule is CCN(CC1CCN(C)CC1)C1CCc2ccc(N)cc2C1.CCN(CC1CCN(C)CC1)C1CCc2ccc(NC(=O)c3ccc(S(C)(=O)=O)cc3)cc2C1.CS(=O)(=O)c1ccc(C(=O)Cl)cc1. The van der Waals surface area contributed by atoms with Crippen LogP contribution in [-0.4, -0.2) is 139 Å².